The number of fused-ring (bicyclic) bond motifs is 3. The second-order valence-electron chi connectivity index (χ2n) is 4.28. The molecule has 0 aromatic carbocycles. The van der Waals surface area contributed by atoms with Crippen molar-refractivity contribution in [3.05, 3.63) is 17.2 Å². The van der Waals surface area contributed by atoms with Crippen LogP contribution < -0.4 is 10.2 Å². The van der Waals surface area contributed by atoms with Gasteiger partial charge in [-0.05, 0) is 6.92 Å². The summed E-state index contributed by atoms with van der Waals surface area (Å²) in [7, 11) is 0. The largest absolute Gasteiger partial charge is 0.454 e. The molecule has 0 aliphatic carbocycles. The standard InChI is InChI=1S/C10H13N3O4.ClH/c1-4-2-13-9-7(6(15)5(3-14)16-9)17-10(13)12-8(4)11;/h2,5-7,9,11,14-15H,3H2,1H3;1H/t5-,6+,7?,9-;/m1./s1. The molecule has 100 valence electrons. The Morgan fingerprint density at radius 1 is 1.56 bits per heavy atom. The van der Waals surface area contributed by atoms with Crippen molar-refractivity contribution in [2.24, 2.45) is 0 Å². The van der Waals surface area contributed by atoms with Crippen LogP contribution in [0.2, 0.25) is 0 Å². The number of aryl methyl sites for hydroxylation is 1. The number of nitrogens with zero attached hydrogens (tertiary/aromatic N) is 2. The fraction of sp³-hybridized carbons (Fsp3) is 0.600. The zero-order chi connectivity index (χ0) is 12.2. The Kier molecular flexibility index (Phi) is 3.33. The maximum atomic E-state index is 9.87. The third-order valence-corrected chi connectivity index (χ3v) is 3.14. The van der Waals surface area contributed by atoms with Gasteiger partial charge in [-0.2, -0.15) is 4.98 Å². The first-order valence-electron chi connectivity index (χ1n) is 5.37. The monoisotopic (exact) mass is 275 g/mol. The summed E-state index contributed by atoms with van der Waals surface area (Å²) in [5.41, 5.74) is 0.841. The number of halogens is 1. The molecule has 2 aliphatic heterocycles. The van der Waals surface area contributed by atoms with Gasteiger partial charge in [-0.15, -0.1) is 12.4 Å². The molecular weight excluding hydrogens is 262 g/mol. The lowest BCUT2D eigenvalue weighted by atomic mass is 10.1. The second kappa shape index (κ2) is 4.51. The van der Waals surface area contributed by atoms with E-state index in [0.29, 0.717) is 5.56 Å². The molecule has 2 aliphatic rings. The molecule has 0 spiro atoms. The van der Waals surface area contributed by atoms with Crippen molar-refractivity contribution >= 4 is 12.4 Å². The summed E-state index contributed by atoms with van der Waals surface area (Å²) in [4.78, 5) is 3.97. The molecule has 4 atom stereocenters. The van der Waals surface area contributed by atoms with Gasteiger partial charge in [0.15, 0.2) is 17.8 Å². The highest BCUT2D eigenvalue weighted by Crippen LogP contribution is 2.38. The number of aliphatic hydroxyl groups excluding tert-OH is 2. The van der Waals surface area contributed by atoms with Gasteiger partial charge in [-0.1, -0.05) is 0 Å². The Balaban J connectivity index is 0.00000120. The third kappa shape index (κ3) is 1.71. The van der Waals surface area contributed by atoms with Crippen LogP contribution in [0.4, 0.5) is 0 Å². The molecule has 3 rings (SSSR count). The Labute approximate surface area is 109 Å². The fourth-order valence-corrected chi connectivity index (χ4v) is 2.18. The summed E-state index contributed by atoms with van der Waals surface area (Å²) >= 11 is 0. The highest BCUT2D eigenvalue weighted by Gasteiger charge is 2.50. The quantitative estimate of drug-likeness (QED) is 0.617. The van der Waals surface area contributed by atoms with E-state index in [1.165, 1.54) is 0 Å². The molecule has 0 bridgehead atoms. The van der Waals surface area contributed by atoms with Crippen molar-refractivity contribution in [3.8, 4) is 6.01 Å². The Morgan fingerprint density at radius 3 is 2.94 bits per heavy atom. The molecule has 1 aromatic heterocycles. The Hall–Kier alpha value is -1.15. The molecule has 3 heterocycles. The molecule has 1 unspecified atom stereocenters. The number of hydrogen-bond acceptors (Lipinski definition) is 6. The molecule has 1 saturated heterocycles. The van der Waals surface area contributed by atoms with Gasteiger partial charge in [0.25, 0.3) is 0 Å². The highest BCUT2D eigenvalue weighted by atomic mass is 35.5. The summed E-state index contributed by atoms with van der Waals surface area (Å²) in [5, 5.41) is 26.5. The first kappa shape index (κ1) is 13.3. The number of aliphatic hydroxyl groups is 2. The summed E-state index contributed by atoms with van der Waals surface area (Å²) in [5.74, 6) is 0. The van der Waals surface area contributed by atoms with Crippen molar-refractivity contribution in [2.75, 3.05) is 6.61 Å². The minimum Gasteiger partial charge on any atom is -0.454 e. The molecule has 0 radical (unpaired) electrons. The van der Waals surface area contributed by atoms with Crippen LogP contribution in [0, 0.1) is 12.3 Å². The first-order valence-corrected chi connectivity index (χ1v) is 5.37. The van der Waals surface area contributed by atoms with Gasteiger partial charge >= 0.3 is 6.01 Å². The lowest BCUT2D eigenvalue weighted by Gasteiger charge is -2.14. The summed E-state index contributed by atoms with van der Waals surface area (Å²) in [6.07, 6.45) is -0.866. The van der Waals surface area contributed by atoms with Crippen LogP contribution in [-0.2, 0) is 4.74 Å². The normalized spacial score (nSPS) is 32.4. The maximum Gasteiger partial charge on any atom is 0.301 e. The molecule has 7 nitrogen and oxygen atoms in total. The van der Waals surface area contributed by atoms with Gasteiger partial charge in [0.05, 0.1) is 6.61 Å². The molecule has 8 heteroatoms. The zero-order valence-corrected chi connectivity index (χ0v) is 10.4. The Bertz CT molecular complexity index is 520. The topological polar surface area (TPSA) is 101 Å². The van der Waals surface area contributed by atoms with Gasteiger partial charge in [0.2, 0.25) is 0 Å². The summed E-state index contributed by atoms with van der Waals surface area (Å²) in [6, 6.07) is 0.269. The van der Waals surface area contributed by atoms with Crippen LogP contribution in [0.3, 0.4) is 0 Å². The van der Waals surface area contributed by atoms with Crippen LogP contribution in [-0.4, -0.2) is 44.7 Å². The maximum absolute atomic E-state index is 9.87. The SMILES string of the molecule is Cc1cn2c(nc1=N)OC1[C@@H](O)[C@@H](CO)O[C@H]12.Cl. The number of aromatic nitrogens is 2. The number of rotatable bonds is 1. The summed E-state index contributed by atoms with van der Waals surface area (Å²) < 4.78 is 12.6. The molecule has 0 amide bonds. The van der Waals surface area contributed by atoms with E-state index in [2.05, 4.69) is 4.98 Å². The van der Waals surface area contributed by atoms with Crippen molar-refractivity contribution in [1.82, 2.24) is 9.55 Å². The van der Waals surface area contributed by atoms with Gasteiger partial charge < -0.3 is 19.7 Å². The fourth-order valence-electron chi connectivity index (χ4n) is 2.18. The van der Waals surface area contributed by atoms with Crippen LogP contribution in [0.5, 0.6) is 6.01 Å². The van der Waals surface area contributed by atoms with E-state index in [0.717, 1.165) is 0 Å². The predicted octanol–water partition coefficient (Wildman–Crippen LogP) is -0.896. The van der Waals surface area contributed by atoms with Gasteiger partial charge in [0.1, 0.15) is 12.2 Å². The minimum absolute atomic E-state index is 0. The van der Waals surface area contributed by atoms with Crippen LogP contribution in [0.15, 0.2) is 6.20 Å². The van der Waals surface area contributed by atoms with Crippen LogP contribution in [0.25, 0.3) is 0 Å². The van der Waals surface area contributed by atoms with Crippen molar-refractivity contribution < 1.29 is 19.7 Å². The van der Waals surface area contributed by atoms with E-state index in [1.807, 2.05) is 0 Å². The minimum atomic E-state index is -0.888. The van der Waals surface area contributed by atoms with Gasteiger partial charge in [-0.3, -0.25) is 9.98 Å². The van der Waals surface area contributed by atoms with E-state index < -0.39 is 24.5 Å². The lowest BCUT2D eigenvalue weighted by molar-refractivity contribution is -0.0435. The first-order chi connectivity index (χ1) is 8.11. The average molecular weight is 276 g/mol. The number of ether oxygens (including phenoxy) is 2. The van der Waals surface area contributed by atoms with Crippen molar-refractivity contribution in [3.63, 3.8) is 0 Å². The number of hydrogen-bond donors (Lipinski definition) is 3. The molecular formula is C10H14ClN3O4. The molecule has 1 fully saturated rings. The van der Waals surface area contributed by atoms with Crippen LogP contribution >= 0.6 is 12.4 Å². The molecule has 1 aromatic rings. The van der Waals surface area contributed by atoms with E-state index in [4.69, 9.17) is 20.0 Å². The van der Waals surface area contributed by atoms with Gasteiger partial charge in [-0.25, -0.2) is 0 Å². The second-order valence-corrected chi connectivity index (χ2v) is 4.28. The zero-order valence-electron chi connectivity index (χ0n) is 9.61. The van der Waals surface area contributed by atoms with E-state index in [1.54, 1.807) is 17.7 Å². The lowest BCUT2D eigenvalue weighted by Crippen LogP contribution is -2.34. The Morgan fingerprint density at radius 2 is 2.28 bits per heavy atom. The van der Waals surface area contributed by atoms with Crippen LogP contribution in [0.1, 0.15) is 11.8 Å². The predicted molar refractivity (Wildman–Crippen MR) is 61.5 cm³/mol. The van der Waals surface area contributed by atoms with Crippen molar-refractivity contribution in [2.45, 2.75) is 31.5 Å². The number of nitrogens with one attached hydrogen (secondary N) is 1. The smallest absolute Gasteiger partial charge is 0.301 e. The highest BCUT2D eigenvalue weighted by molar-refractivity contribution is 5.85. The van der Waals surface area contributed by atoms with E-state index in [-0.39, 0.29) is 30.5 Å². The molecule has 18 heavy (non-hydrogen) atoms. The van der Waals surface area contributed by atoms with E-state index in [9.17, 15) is 5.11 Å². The molecule has 0 saturated carbocycles. The van der Waals surface area contributed by atoms with Gasteiger partial charge in [0, 0.05) is 11.8 Å². The third-order valence-electron chi connectivity index (χ3n) is 3.14. The average Bonchev–Trinajstić information content (AvgIpc) is 2.78. The summed E-state index contributed by atoms with van der Waals surface area (Å²) in [6.45, 7) is 1.52. The molecule has 3 N–H and O–H groups in total. The van der Waals surface area contributed by atoms with Crippen molar-refractivity contribution in [1.29, 1.82) is 5.41 Å². The van der Waals surface area contributed by atoms with E-state index >= 15 is 0 Å².